The minimum atomic E-state index is -0.284. The molecule has 0 saturated carbocycles. The summed E-state index contributed by atoms with van der Waals surface area (Å²) in [6, 6.07) is 8.44. The maximum atomic E-state index is 12.2. The number of morpholine rings is 1. The lowest BCUT2D eigenvalue weighted by Crippen LogP contribution is -2.37. The topological polar surface area (TPSA) is 87.3 Å². The molecule has 1 aliphatic rings. The zero-order valence-corrected chi connectivity index (χ0v) is 13.6. The van der Waals surface area contributed by atoms with Crippen LogP contribution < -0.4 is 15.8 Å². The monoisotopic (exact) mass is 338 g/mol. The maximum Gasteiger partial charge on any atom is 0.252 e. The van der Waals surface area contributed by atoms with Gasteiger partial charge in [0.25, 0.3) is 5.56 Å². The molecule has 7 nitrogen and oxygen atoms in total. The van der Waals surface area contributed by atoms with Gasteiger partial charge in [0, 0.05) is 30.4 Å². The third-order valence-electron chi connectivity index (χ3n) is 3.75. The van der Waals surface area contributed by atoms with Crippen molar-refractivity contribution in [3.8, 4) is 12.3 Å². The second kappa shape index (κ2) is 7.64. The van der Waals surface area contributed by atoms with Crippen molar-refractivity contribution < 1.29 is 9.53 Å². The van der Waals surface area contributed by atoms with Gasteiger partial charge in [-0.25, -0.2) is 4.98 Å². The Morgan fingerprint density at radius 2 is 2.16 bits per heavy atom. The van der Waals surface area contributed by atoms with Crippen molar-refractivity contribution in [3.63, 3.8) is 0 Å². The van der Waals surface area contributed by atoms with Gasteiger partial charge in [0.05, 0.1) is 19.6 Å². The molecule has 7 heteroatoms. The van der Waals surface area contributed by atoms with Crippen LogP contribution in [0.25, 0.3) is 0 Å². The summed E-state index contributed by atoms with van der Waals surface area (Å²) < 4.78 is 5.30. The van der Waals surface area contributed by atoms with Crippen molar-refractivity contribution in [3.05, 3.63) is 52.1 Å². The molecular formula is C18H18N4O3. The van der Waals surface area contributed by atoms with E-state index in [9.17, 15) is 9.59 Å². The minimum Gasteiger partial charge on any atom is -0.378 e. The second-order valence-electron chi connectivity index (χ2n) is 5.60. The molecule has 1 aromatic heterocycles. The molecule has 128 valence electrons. The first-order chi connectivity index (χ1) is 12.1. The van der Waals surface area contributed by atoms with Crippen LogP contribution >= 0.6 is 0 Å². The number of aromatic nitrogens is 2. The number of ether oxygens (including phenoxy) is 1. The van der Waals surface area contributed by atoms with Gasteiger partial charge in [0.1, 0.15) is 11.6 Å². The van der Waals surface area contributed by atoms with Crippen molar-refractivity contribution in [1.82, 2.24) is 9.97 Å². The number of rotatable bonds is 4. The average Bonchev–Trinajstić information content (AvgIpc) is 2.62. The molecule has 0 aliphatic carbocycles. The molecule has 1 saturated heterocycles. The number of amides is 1. The van der Waals surface area contributed by atoms with Gasteiger partial charge in [-0.1, -0.05) is 12.0 Å². The molecule has 1 aromatic carbocycles. The average molecular weight is 338 g/mol. The predicted octanol–water partition coefficient (Wildman–Crippen LogP) is 0.769. The van der Waals surface area contributed by atoms with Crippen LogP contribution in [0.2, 0.25) is 0 Å². The summed E-state index contributed by atoms with van der Waals surface area (Å²) in [4.78, 5) is 33.1. The molecule has 0 spiro atoms. The van der Waals surface area contributed by atoms with Crippen molar-refractivity contribution in [2.75, 3.05) is 36.5 Å². The van der Waals surface area contributed by atoms with Gasteiger partial charge in [-0.15, -0.1) is 6.42 Å². The van der Waals surface area contributed by atoms with Crippen LogP contribution in [0.3, 0.4) is 0 Å². The van der Waals surface area contributed by atoms with Gasteiger partial charge in [-0.3, -0.25) is 9.59 Å². The van der Waals surface area contributed by atoms with Gasteiger partial charge in [0.15, 0.2) is 0 Å². The highest BCUT2D eigenvalue weighted by atomic mass is 16.5. The molecule has 1 amide bonds. The molecule has 1 aliphatic heterocycles. The lowest BCUT2D eigenvalue weighted by Gasteiger charge is -2.27. The summed E-state index contributed by atoms with van der Waals surface area (Å²) >= 11 is 0. The number of carbonyl (C=O) groups excluding carboxylic acids is 1. The van der Waals surface area contributed by atoms with Crippen molar-refractivity contribution in [2.24, 2.45) is 0 Å². The first-order valence-electron chi connectivity index (χ1n) is 7.93. The Balaban J connectivity index is 1.71. The highest BCUT2D eigenvalue weighted by Gasteiger charge is 2.15. The van der Waals surface area contributed by atoms with Crippen LogP contribution in [0, 0.1) is 12.3 Å². The number of carbonyl (C=O) groups is 1. The smallest absolute Gasteiger partial charge is 0.252 e. The lowest BCUT2D eigenvalue weighted by molar-refractivity contribution is -0.115. The number of terminal acetylenes is 1. The van der Waals surface area contributed by atoms with E-state index in [1.807, 2.05) is 4.90 Å². The highest BCUT2D eigenvalue weighted by Crippen LogP contribution is 2.12. The third-order valence-corrected chi connectivity index (χ3v) is 3.75. The predicted molar refractivity (Wildman–Crippen MR) is 94.6 cm³/mol. The molecule has 0 unspecified atom stereocenters. The molecule has 2 aromatic rings. The zero-order valence-electron chi connectivity index (χ0n) is 13.6. The van der Waals surface area contributed by atoms with E-state index in [2.05, 4.69) is 21.2 Å². The fraction of sp³-hybridized carbons (Fsp3) is 0.278. The number of aromatic amines is 1. The van der Waals surface area contributed by atoms with Crippen LogP contribution in [0.1, 0.15) is 11.4 Å². The van der Waals surface area contributed by atoms with Crippen LogP contribution in [0.4, 0.5) is 11.5 Å². The van der Waals surface area contributed by atoms with Crippen LogP contribution in [0.5, 0.6) is 0 Å². The van der Waals surface area contributed by atoms with Crippen LogP contribution in [-0.2, 0) is 16.0 Å². The Labute approximate surface area is 145 Å². The van der Waals surface area contributed by atoms with Gasteiger partial charge < -0.3 is 19.9 Å². The van der Waals surface area contributed by atoms with Gasteiger partial charge in [-0.2, -0.15) is 0 Å². The number of anilines is 2. The van der Waals surface area contributed by atoms with Crippen molar-refractivity contribution >= 4 is 17.4 Å². The van der Waals surface area contributed by atoms with Crippen LogP contribution in [-0.4, -0.2) is 42.2 Å². The molecule has 2 N–H and O–H groups in total. The summed E-state index contributed by atoms with van der Waals surface area (Å²) in [5.41, 5.74) is 0.999. The SMILES string of the molecule is C#Cc1cccc(NC(=O)Cc2nc(N3CCOCC3)cc(=O)[nH]2)c1. The van der Waals surface area contributed by atoms with E-state index in [1.54, 1.807) is 24.3 Å². The molecule has 1 fully saturated rings. The summed E-state index contributed by atoms with van der Waals surface area (Å²) in [6.45, 7) is 2.52. The Kier molecular flexibility index (Phi) is 5.11. The first kappa shape index (κ1) is 16.7. The van der Waals surface area contributed by atoms with E-state index >= 15 is 0 Å². The molecule has 25 heavy (non-hydrogen) atoms. The minimum absolute atomic E-state index is 0.0340. The zero-order chi connectivity index (χ0) is 17.6. The quantitative estimate of drug-likeness (QED) is 0.804. The number of benzene rings is 1. The maximum absolute atomic E-state index is 12.2. The normalized spacial score (nSPS) is 14.0. The summed E-state index contributed by atoms with van der Waals surface area (Å²) in [5.74, 6) is 3.11. The van der Waals surface area contributed by atoms with Gasteiger partial charge in [-0.05, 0) is 18.2 Å². The van der Waals surface area contributed by atoms with E-state index in [0.717, 1.165) is 0 Å². The molecule has 2 heterocycles. The fourth-order valence-electron chi connectivity index (χ4n) is 2.58. The van der Waals surface area contributed by atoms with Gasteiger partial charge in [0.2, 0.25) is 5.91 Å². The first-order valence-corrected chi connectivity index (χ1v) is 7.93. The highest BCUT2D eigenvalue weighted by molar-refractivity contribution is 5.92. The Morgan fingerprint density at radius 3 is 2.92 bits per heavy atom. The van der Waals surface area contributed by atoms with Gasteiger partial charge >= 0.3 is 0 Å². The Morgan fingerprint density at radius 1 is 1.36 bits per heavy atom. The molecule has 0 atom stereocenters. The summed E-state index contributed by atoms with van der Waals surface area (Å²) in [5, 5.41) is 2.75. The number of hydrogen-bond donors (Lipinski definition) is 2. The molecule has 0 radical (unpaired) electrons. The standard InChI is InChI=1S/C18H18N4O3/c1-2-13-4-3-5-14(10-13)19-17(23)11-15-20-16(12-18(24)21-15)22-6-8-25-9-7-22/h1,3-5,10,12H,6-9,11H2,(H,19,23)(H,20,21,24). The van der Waals surface area contributed by atoms with Crippen LogP contribution in [0.15, 0.2) is 35.1 Å². The third kappa shape index (κ3) is 4.46. The lowest BCUT2D eigenvalue weighted by atomic mass is 10.2. The van der Waals surface area contributed by atoms with Crippen molar-refractivity contribution in [1.29, 1.82) is 0 Å². The second-order valence-corrected chi connectivity index (χ2v) is 5.60. The van der Waals surface area contributed by atoms with E-state index in [-0.39, 0.29) is 17.9 Å². The van der Waals surface area contributed by atoms with Crippen molar-refractivity contribution in [2.45, 2.75) is 6.42 Å². The number of H-pyrrole nitrogens is 1. The number of nitrogens with one attached hydrogen (secondary N) is 2. The van der Waals surface area contributed by atoms with E-state index in [1.165, 1.54) is 6.07 Å². The Bertz CT molecular complexity index is 863. The molecule has 3 rings (SSSR count). The van der Waals surface area contributed by atoms with E-state index in [0.29, 0.717) is 49.2 Å². The number of hydrogen-bond acceptors (Lipinski definition) is 5. The Hall–Kier alpha value is -3.11. The summed E-state index contributed by atoms with van der Waals surface area (Å²) in [7, 11) is 0. The fourth-order valence-corrected chi connectivity index (χ4v) is 2.58. The van der Waals surface area contributed by atoms with E-state index in [4.69, 9.17) is 11.2 Å². The summed E-state index contributed by atoms with van der Waals surface area (Å²) in [6.07, 6.45) is 5.32. The molecular weight excluding hydrogens is 320 g/mol. The largest absolute Gasteiger partial charge is 0.378 e. The number of nitrogens with zero attached hydrogens (tertiary/aromatic N) is 2. The van der Waals surface area contributed by atoms with E-state index < -0.39 is 0 Å². The molecule has 0 bridgehead atoms.